The fraction of sp³-hybridized carbons (Fsp3) is 0.0851. The zero-order chi connectivity index (χ0) is 34.9. The molecule has 4 heterocycles. The molecule has 0 aliphatic rings. The number of para-hydroxylation sites is 1. The Balaban J connectivity index is 0.000000174. The smallest absolute Gasteiger partial charge is 0.128 e. The van der Waals surface area contributed by atoms with Gasteiger partial charge in [-0.05, 0) is 83.1 Å². The molecule has 5 heteroatoms. The number of rotatable bonds is 4. The summed E-state index contributed by atoms with van der Waals surface area (Å²) in [5, 5.41) is 4.49. The normalized spacial score (nSPS) is 10.9. The van der Waals surface area contributed by atoms with Crippen molar-refractivity contribution in [2.24, 2.45) is 0 Å². The Bertz CT molecular complexity index is 2670. The Morgan fingerprint density at radius 2 is 1.42 bits per heavy atom. The molecule has 0 aliphatic heterocycles. The minimum Gasteiger partial charge on any atom is -0.500 e. The van der Waals surface area contributed by atoms with Crippen molar-refractivity contribution in [2.45, 2.75) is 27.7 Å². The fourth-order valence-electron chi connectivity index (χ4n) is 6.75. The first-order valence-corrected chi connectivity index (χ1v) is 17.1. The molecule has 0 amide bonds. The average molecular weight is 850 g/mol. The molecule has 5 aromatic carbocycles. The maximum atomic E-state index is 6.58. The molecular formula is C47H35IrN3O-2. The third kappa shape index (κ3) is 6.57. The second-order valence-electron chi connectivity index (χ2n) is 12.9. The number of aromatic nitrogens is 3. The first-order valence-electron chi connectivity index (χ1n) is 17.1. The Morgan fingerprint density at radius 1 is 0.596 bits per heavy atom. The van der Waals surface area contributed by atoms with Crippen LogP contribution in [0.1, 0.15) is 22.3 Å². The Labute approximate surface area is 317 Å². The monoisotopic (exact) mass is 850 g/mol. The summed E-state index contributed by atoms with van der Waals surface area (Å²) in [6.45, 7) is 8.49. The molecule has 52 heavy (non-hydrogen) atoms. The molecule has 4 nitrogen and oxygen atoms in total. The van der Waals surface area contributed by atoms with E-state index >= 15 is 0 Å². The van der Waals surface area contributed by atoms with Gasteiger partial charge in [0, 0.05) is 61.2 Å². The maximum Gasteiger partial charge on any atom is 0.128 e. The second kappa shape index (κ2) is 14.9. The van der Waals surface area contributed by atoms with Gasteiger partial charge in [0.1, 0.15) is 5.58 Å². The van der Waals surface area contributed by atoms with E-state index in [2.05, 4.69) is 134 Å². The molecule has 9 aromatic rings. The first-order chi connectivity index (χ1) is 25.0. The van der Waals surface area contributed by atoms with Gasteiger partial charge in [-0.25, -0.2) is 0 Å². The number of fused-ring (bicyclic) bond motifs is 4. The van der Waals surface area contributed by atoms with Crippen molar-refractivity contribution in [1.82, 2.24) is 15.0 Å². The molecule has 0 bridgehead atoms. The van der Waals surface area contributed by atoms with E-state index < -0.39 is 0 Å². The first kappa shape index (κ1) is 34.7. The largest absolute Gasteiger partial charge is 0.500 e. The summed E-state index contributed by atoms with van der Waals surface area (Å²) in [4.78, 5) is 13.5. The molecular weight excluding hydrogens is 815 g/mol. The zero-order valence-electron chi connectivity index (χ0n) is 29.4. The molecule has 4 aromatic heterocycles. The van der Waals surface area contributed by atoms with Crippen LogP contribution in [0.25, 0.3) is 77.5 Å². The predicted molar refractivity (Wildman–Crippen MR) is 209 cm³/mol. The van der Waals surface area contributed by atoms with Crippen molar-refractivity contribution < 1.29 is 24.5 Å². The SMILES string of the molecule is Cc1c[c-]c(-c2cc(-c3ccccc3)c(C)cn2)cc1.Cc1cc2ccncc2c(-c2cccc3c2oc2c(-c4ccccn4)[c-]ccc23)c1C.[Ir]. The van der Waals surface area contributed by atoms with Crippen LogP contribution in [-0.4, -0.2) is 15.0 Å². The van der Waals surface area contributed by atoms with E-state index in [1.54, 1.807) is 6.20 Å². The van der Waals surface area contributed by atoms with Gasteiger partial charge in [0.2, 0.25) is 0 Å². The standard InChI is InChI=1S/C28H19N2O.C19H16N.Ir/c1-17-15-19-12-14-29-16-24(19)26(18(17)2)23-10-6-8-21-20-7-5-9-22(27(20)31-28(21)23)25-11-3-4-13-30-25;1-14-8-10-17(11-9-14)19-12-18(15(2)13-20-19)16-6-4-3-5-7-16;/h3-8,10-16H,1-2H3;3-10,12-13H,1-2H3;/q2*-1;. The number of aryl methyl sites for hydroxylation is 3. The second-order valence-corrected chi connectivity index (χ2v) is 12.9. The van der Waals surface area contributed by atoms with Gasteiger partial charge < -0.3 is 14.4 Å². The number of pyridine rings is 3. The van der Waals surface area contributed by atoms with Gasteiger partial charge >= 0.3 is 0 Å². The molecule has 9 rings (SSSR count). The van der Waals surface area contributed by atoms with Crippen molar-refractivity contribution in [1.29, 1.82) is 0 Å². The Hall–Kier alpha value is -5.74. The number of nitrogens with zero attached hydrogens (tertiary/aromatic N) is 3. The maximum absolute atomic E-state index is 6.58. The molecule has 0 N–H and O–H groups in total. The summed E-state index contributed by atoms with van der Waals surface area (Å²) in [7, 11) is 0. The van der Waals surface area contributed by atoms with Crippen LogP contribution >= 0.6 is 0 Å². The summed E-state index contributed by atoms with van der Waals surface area (Å²) >= 11 is 0. The molecule has 0 atom stereocenters. The van der Waals surface area contributed by atoms with E-state index in [0.717, 1.165) is 55.4 Å². The topological polar surface area (TPSA) is 51.8 Å². The van der Waals surface area contributed by atoms with Crippen LogP contribution in [0.2, 0.25) is 0 Å². The van der Waals surface area contributed by atoms with E-state index in [4.69, 9.17) is 4.42 Å². The molecule has 0 aliphatic carbocycles. The molecule has 0 spiro atoms. The summed E-state index contributed by atoms with van der Waals surface area (Å²) in [6, 6.07) is 45.9. The number of benzene rings is 5. The number of hydrogen-bond donors (Lipinski definition) is 0. The van der Waals surface area contributed by atoms with E-state index in [1.807, 2.05) is 55.0 Å². The van der Waals surface area contributed by atoms with E-state index in [9.17, 15) is 0 Å². The molecule has 0 unspecified atom stereocenters. The third-order valence-corrected chi connectivity index (χ3v) is 9.54. The van der Waals surface area contributed by atoms with Gasteiger partial charge in [-0.1, -0.05) is 90.7 Å². The Kier molecular flexibility index (Phi) is 9.91. The molecule has 255 valence electrons. The predicted octanol–water partition coefficient (Wildman–Crippen LogP) is 12.1. The van der Waals surface area contributed by atoms with Gasteiger partial charge in [-0.15, -0.1) is 53.6 Å². The fourth-order valence-corrected chi connectivity index (χ4v) is 6.75. The van der Waals surface area contributed by atoms with Crippen molar-refractivity contribution >= 4 is 32.7 Å². The minimum absolute atomic E-state index is 0. The van der Waals surface area contributed by atoms with Crippen LogP contribution in [0, 0.1) is 39.8 Å². The van der Waals surface area contributed by atoms with Gasteiger partial charge in [-0.2, -0.15) is 0 Å². The molecule has 0 fully saturated rings. The van der Waals surface area contributed by atoms with E-state index in [1.165, 1.54) is 44.3 Å². The van der Waals surface area contributed by atoms with Crippen molar-refractivity contribution in [3.63, 3.8) is 0 Å². The van der Waals surface area contributed by atoms with Gasteiger partial charge in [0.25, 0.3) is 0 Å². The minimum atomic E-state index is 0. The summed E-state index contributed by atoms with van der Waals surface area (Å²) in [5.41, 5.74) is 15.0. The van der Waals surface area contributed by atoms with E-state index in [-0.39, 0.29) is 20.1 Å². The van der Waals surface area contributed by atoms with Gasteiger partial charge in [0.05, 0.1) is 5.58 Å². The van der Waals surface area contributed by atoms with Gasteiger partial charge in [-0.3, -0.25) is 4.98 Å². The van der Waals surface area contributed by atoms with Gasteiger partial charge in [0.15, 0.2) is 0 Å². The van der Waals surface area contributed by atoms with Crippen LogP contribution in [-0.2, 0) is 20.1 Å². The Morgan fingerprint density at radius 3 is 2.21 bits per heavy atom. The third-order valence-electron chi connectivity index (χ3n) is 9.54. The van der Waals surface area contributed by atoms with Crippen molar-refractivity contribution in [2.75, 3.05) is 0 Å². The van der Waals surface area contributed by atoms with Crippen LogP contribution < -0.4 is 0 Å². The average Bonchev–Trinajstić information content (AvgIpc) is 3.57. The van der Waals surface area contributed by atoms with Crippen molar-refractivity contribution in [3.05, 3.63) is 174 Å². The number of hydrogen-bond acceptors (Lipinski definition) is 4. The van der Waals surface area contributed by atoms with Crippen molar-refractivity contribution in [3.8, 4) is 44.8 Å². The summed E-state index contributed by atoms with van der Waals surface area (Å²) in [6.07, 6.45) is 7.53. The van der Waals surface area contributed by atoms with Crippen LogP contribution in [0.15, 0.2) is 144 Å². The summed E-state index contributed by atoms with van der Waals surface area (Å²) in [5.74, 6) is 0. The van der Waals surface area contributed by atoms with Crippen LogP contribution in [0.4, 0.5) is 0 Å². The molecule has 1 radical (unpaired) electrons. The zero-order valence-corrected chi connectivity index (χ0v) is 31.8. The summed E-state index contributed by atoms with van der Waals surface area (Å²) < 4.78 is 6.58. The van der Waals surface area contributed by atoms with Crippen LogP contribution in [0.5, 0.6) is 0 Å². The molecule has 0 saturated heterocycles. The van der Waals surface area contributed by atoms with E-state index in [0.29, 0.717) is 0 Å². The number of furan rings is 1. The van der Waals surface area contributed by atoms with Crippen LogP contribution in [0.3, 0.4) is 0 Å². The molecule has 0 saturated carbocycles. The quantitative estimate of drug-likeness (QED) is 0.166.